The van der Waals surface area contributed by atoms with Crippen LogP contribution in [0, 0.1) is 24.0 Å². The number of carbonyl (C=O) groups excluding carboxylic acids is 1. The van der Waals surface area contributed by atoms with Gasteiger partial charge in [0.2, 0.25) is 5.91 Å². The van der Waals surface area contributed by atoms with Crippen molar-refractivity contribution in [1.82, 2.24) is 5.43 Å². The first kappa shape index (κ1) is 24.6. The Morgan fingerprint density at radius 2 is 1.76 bits per heavy atom. The predicted octanol–water partition coefficient (Wildman–Crippen LogP) is 6.01. The maximum absolute atomic E-state index is 12.2. The molecule has 3 aromatic carbocycles. The van der Waals surface area contributed by atoms with E-state index in [-0.39, 0.29) is 24.6 Å². The molecule has 0 aliphatic rings. The summed E-state index contributed by atoms with van der Waals surface area (Å²) in [5, 5.41) is 14.8. The Balaban J connectivity index is 1.59. The zero-order chi connectivity index (χ0) is 24.0. The summed E-state index contributed by atoms with van der Waals surface area (Å²) in [5.74, 6) is 0.394. The molecule has 0 heterocycles. The van der Waals surface area contributed by atoms with Crippen LogP contribution in [0.25, 0.3) is 0 Å². The standard InChI is InChI=1S/C24H21Br2N3O4/c1-15-3-4-16(2)19(9-15)12-23(30)28-27-13-18-10-21(25)24(22(26)11-18)33-14-17-5-7-20(8-6-17)29(31)32/h3-11,13H,12,14H2,1-2H3,(H,28,30)/b27-13+. The highest BCUT2D eigenvalue weighted by Gasteiger charge is 2.11. The number of non-ortho nitro benzene ring substituents is 1. The molecule has 0 aliphatic heterocycles. The molecule has 0 aliphatic carbocycles. The van der Waals surface area contributed by atoms with E-state index in [9.17, 15) is 14.9 Å². The molecule has 0 radical (unpaired) electrons. The van der Waals surface area contributed by atoms with Crippen LogP contribution in [0.1, 0.15) is 27.8 Å². The minimum absolute atomic E-state index is 0.0332. The van der Waals surface area contributed by atoms with Crippen LogP contribution < -0.4 is 10.2 Å². The van der Waals surface area contributed by atoms with Crippen molar-refractivity contribution in [3.05, 3.63) is 101 Å². The Morgan fingerprint density at radius 1 is 1.09 bits per heavy atom. The van der Waals surface area contributed by atoms with Crippen molar-refractivity contribution in [2.75, 3.05) is 0 Å². The molecule has 1 N–H and O–H groups in total. The smallest absolute Gasteiger partial charge is 0.269 e. The summed E-state index contributed by atoms with van der Waals surface area (Å²) < 4.78 is 7.25. The van der Waals surface area contributed by atoms with Gasteiger partial charge in [0.15, 0.2) is 0 Å². The average Bonchev–Trinajstić information content (AvgIpc) is 2.76. The van der Waals surface area contributed by atoms with Crippen molar-refractivity contribution in [3.8, 4) is 5.75 Å². The van der Waals surface area contributed by atoms with Gasteiger partial charge in [-0.2, -0.15) is 5.10 Å². The number of aryl methyl sites for hydroxylation is 2. The van der Waals surface area contributed by atoms with Gasteiger partial charge in [0.1, 0.15) is 12.4 Å². The van der Waals surface area contributed by atoms with Crippen LogP contribution in [0.3, 0.4) is 0 Å². The molecule has 7 nitrogen and oxygen atoms in total. The third kappa shape index (κ3) is 6.97. The minimum atomic E-state index is -0.440. The van der Waals surface area contributed by atoms with E-state index in [2.05, 4.69) is 42.4 Å². The van der Waals surface area contributed by atoms with Gasteiger partial charge in [-0.25, -0.2) is 5.43 Å². The molecular weight excluding hydrogens is 554 g/mol. The van der Waals surface area contributed by atoms with Crippen LogP contribution in [0.15, 0.2) is 68.6 Å². The van der Waals surface area contributed by atoms with Crippen molar-refractivity contribution in [3.63, 3.8) is 0 Å². The topological polar surface area (TPSA) is 93.8 Å². The second-order valence-corrected chi connectivity index (χ2v) is 9.13. The third-order valence-corrected chi connectivity index (χ3v) is 5.99. The highest BCUT2D eigenvalue weighted by molar-refractivity contribution is 9.11. The Kier molecular flexibility index (Phi) is 8.35. The minimum Gasteiger partial charge on any atom is -0.487 e. The molecule has 33 heavy (non-hydrogen) atoms. The van der Waals surface area contributed by atoms with Crippen LogP contribution in [-0.4, -0.2) is 17.0 Å². The van der Waals surface area contributed by atoms with Gasteiger partial charge in [0, 0.05) is 12.1 Å². The van der Waals surface area contributed by atoms with Crippen molar-refractivity contribution < 1.29 is 14.5 Å². The molecular formula is C24H21Br2N3O4. The van der Waals surface area contributed by atoms with Gasteiger partial charge < -0.3 is 4.74 Å². The highest BCUT2D eigenvalue weighted by Crippen LogP contribution is 2.35. The van der Waals surface area contributed by atoms with Crippen molar-refractivity contribution in [1.29, 1.82) is 0 Å². The first-order chi connectivity index (χ1) is 15.7. The Bertz CT molecular complexity index is 1190. The second kappa shape index (κ2) is 11.2. The first-order valence-electron chi connectivity index (χ1n) is 9.96. The monoisotopic (exact) mass is 573 g/mol. The molecule has 0 spiro atoms. The van der Waals surface area contributed by atoms with E-state index in [0.717, 1.165) is 27.8 Å². The Hall–Kier alpha value is -3.04. The molecule has 9 heteroatoms. The molecule has 3 aromatic rings. The average molecular weight is 575 g/mol. The van der Waals surface area contributed by atoms with Gasteiger partial charge in [0.25, 0.3) is 5.69 Å². The van der Waals surface area contributed by atoms with Gasteiger partial charge >= 0.3 is 0 Å². The van der Waals surface area contributed by atoms with Crippen molar-refractivity contribution >= 4 is 49.7 Å². The number of nitrogens with one attached hydrogen (secondary N) is 1. The lowest BCUT2D eigenvalue weighted by atomic mass is 10.0. The maximum atomic E-state index is 12.2. The van der Waals surface area contributed by atoms with E-state index in [1.54, 1.807) is 18.3 Å². The largest absolute Gasteiger partial charge is 0.487 e. The fourth-order valence-corrected chi connectivity index (χ4v) is 4.49. The third-order valence-electron chi connectivity index (χ3n) is 4.81. The number of nitrogens with zero attached hydrogens (tertiary/aromatic N) is 2. The van der Waals surface area contributed by atoms with Gasteiger partial charge in [0.05, 0.1) is 26.5 Å². The number of rotatable bonds is 8. The molecule has 0 aromatic heterocycles. The van der Waals surface area contributed by atoms with Crippen molar-refractivity contribution in [2.45, 2.75) is 26.9 Å². The molecule has 0 bridgehead atoms. The number of ether oxygens (including phenoxy) is 1. The number of hydrogen-bond acceptors (Lipinski definition) is 5. The fraction of sp³-hybridized carbons (Fsp3) is 0.167. The molecule has 0 saturated carbocycles. The SMILES string of the molecule is Cc1ccc(C)c(CC(=O)N/N=C/c2cc(Br)c(OCc3ccc([N+](=O)[O-])cc3)c(Br)c2)c1. The molecule has 170 valence electrons. The van der Waals surface area contributed by atoms with E-state index >= 15 is 0 Å². The Labute approximate surface area is 208 Å². The summed E-state index contributed by atoms with van der Waals surface area (Å²) in [6, 6.07) is 15.8. The quantitative estimate of drug-likeness (QED) is 0.202. The first-order valence-corrected chi connectivity index (χ1v) is 11.5. The van der Waals surface area contributed by atoms with E-state index in [4.69, 9.17) is 4.74 Å². The van der Waals surface area contributed by atoms with E-state index < -0.39 is 4.92 Å². The predicted molar refractivity (Wildman–Crippen MR) is 135 cm³/mol. The van der Waals surface area contributed by atoms with Crippen molar-refractivity contribution in [2.24, 2.45) is 5.10 Å². The zero-order valence-electron chi connectivity index (χ0n) is 18.0. The highest BCUT2D eigenvalue weighted by atomic mass is 79.9. The van der Waals surface area contributed by atoms with Gasteiger partial charge in [-0.15, -0.1) is 0 Å². The number of nitro groups is 1. The second-order valence-electron chi connectivity index (χ2n) is 7.43. The van der Waals surface area contributed by atoms with E-state index in [1.165, 1.54) is 12.1 Å². The maximum Gasteiger partial charge on any atom is 0.269 e. The number of benzene rings is 3. The van der Waals surface area contributed by atoms with E-state index in [1.807, 2.05) is 44.2 Å². The molecule has 0 fully saturated rings. The molecule has 0 atom stereocenters. The normalized spacial score (nSPS) is 10.9. The summed E-state index contributed by atoms with van der Waals surface area (Å²) in [5.41, 5.74) is 7.30. The lowest BCUT2D eigenvalue weighted by molar-refractivity contribution is -0.384. The van der Waals surface area contributed by atoms with E-state index in [0.29, 0.717) is 14.7 Å². The van der Waals surface area contributed by atoms with Crippen LogP contribution in [0.4, 0.5) is 5.69 Å². The molecule has 0 unspecified atom stereocenters. The summed E-state index contributed by atoms with van der Waals surface area (Å²) in [4.78, 5) is 22.6. The van der Waals surface area contributed by atoms with Gasteiger partial charge in [-0.1, -0.05) is 23.8 Å². The molecule has 0 saturated heterocycles. The van der Waals surface area contributed by atoms with Crippen LogP contribution >= 0.6 is 31.9 Å². The summed E-state index contributed by atoms with van der Waals surface area (Å²) in [6.45, 7) is 4.22. The summed E-state index contributed by atoms with van der Waals surface area (Å²) in [7, 11) is 0. The van der Waals surface area contributed by atoms with Gasteiger partial charge in [-0.3, -0.25) is 14.9 Å². The summed E-state index contributed by atoms with van der Waals surface area (Å²) in [6.07, 6.45) is 1.81. The summed E-state index contributed by atoms with van der Waals surface area (Å²) >= 11 is 6.98. The fourth-order valence-electron chi connectivity index (χ4n) is 3.04. The number of halogens is 2. The molecule has 1 amide bonds. The van der Waals surface area contributed by atoms with Crippen LogP contribution in [0.2, 0.25) is 0 Å². The Morgan fingerprint density at radius 3 is 2.39 bits per heavy atom. The number of hydrazone groups is 1. The number of carbonyl (C=O) groups is 1. The number of amides is 1. The van der Waals surface area contributed by atoms with Crippen LogP contribution in [-0.2, 0) is 17.8 Å². The lowest BCUT2D eigenvalue weighted by Gasteiger charge is -2.11. The zero-order valence-corrected chi connectivity index (χ0v) is 21.1. The number of hydrogen-bond donors (Lipinski definition) is 1. The lowest BCUT2D eigenvalue weighted by Crippen LogP contribution is -2.20. The molecule has 3 rings (SSSR count). The number of nitro benzene ring substituents is 1. The van der Waals surface area contributed by atoms with Gasteiger partial charge in [-0.05, 0) is 92.2 Å². The van der Waals surface area contributed by atoms with Crippen LogP contribution in [0.5, 0.6) is 5.75 Å².